The lowest BCUT2D eigenvalue weighted by molar-refractivity contribution is -0.137. The maximum absolute atomic E-state index is 11.7. The summed E-state index contributed by atoms with van der Waals surface area (Å²) in [6, 6.07) is 3.77. The van der Waals surface area contributed by atoms with Gasteiger partial charge in [0.2, 0.25) is 0 Å². The van der Waals surface area contributed by atoms with Gasteiger partial charge in [-0.05, 0) is 43.5 Å². The second kappa shape index (κ2) is 9.31. The van der Waals surface area contributed by atoms with Crippen molar-refractivity contribution >= 4 is 5.91 Å². The molecule has 2 heterocycles. The fourth-order valence-electron chi connectivity index (χ4n) is 4.98. The summed E-state index contributed by atoms with van der Waals surface area (Å²) < 4.78 is 17.6. The molecular weight excluding hydrogens is 358 g/mol. The van der Waals surface area contributed by atoms with Gasteiger partial charge in [-0.15, -0.1) is 0 Å². The number of rotatable bonds is 7. The highest BCUT2D eigenvalue weighted by molar-refractivity contribution is 5.90. The van der Waals surface area contributed by atoms with Crippen molar-refractivity contribution in [2.45, 2.75) is 37.9 Å². The Morgan fingerprint density at radius 2 is 2.21 bits per heavy atom. The first kappa shape index (κ1) is 21.2. The van der Waals surface area contributed by atoms with E-state index < -0.39 is 11.5 Å². The van der Waals surface area contributed by atoms with Gasteiger partial charge in [0.15, 0.2) is 0 Å². The SMILES string of the molecule is COC1(c2ccnc(C(N)=O)c2)C(C)CCCC1CN(C)C[C@H]1COCCO1. The number of methoxy groups -OCH3 is 1. The Bertz CT molecular complexity index is 665. The van der Waals surface area contributed by atoms with Crippen LogP contribution in [0.15, 0.2) is 18.3 Å². The summed E-state index contributed by atoms with van der Waals surface area (Å²) in [4.78, 5) is 18.1. The van der Waals surface area contributed by atoms with Gasteiger partial charge in [0.25, 0.3) is 5.91 Å². The monoisotopic (exact) mass is 391 g/mol. The van der Waals surface area contributed by atoms with Gasteiger partial charge < -0.3 is 24.8 Å². The molecule has 156 valence electrons. The highest BCUT2D eigenvalue weighted by Crippen LogP contribution is 2.48. The molecule has 1 saturated heterocycles. The number of pyridine rings is 1. The second-order valence-corrected chi connectivity index (χ2v) is 8.11. The lowest BCUT2D eigenvalue weighted by Crippen LogP contribution is -2.51. The zero-order chi connectivity index (χ0) is 20.1. The van der Waals surface area contributed by atoms with Crippen LogP contribution >= 0.6 is 0 Å². The summed E-state index contributed by atoms with van der Waals surface area (Å²) in [6.45, 7) is 5.93. The fourth-order valence-corrected chi connectivity index (χ4v) is 4.98. The first-order valence-electron chi connectivity index (χ1n) is 10.2. The number of amides is 1. The third kappa shape index (κ3) is 4.38. The van der Waals surface area contributed by atoms with Crippen LogP contribution in [0.25, 0.3) is 0 Å². The first-order valence-corrected chi connectivity index (χ1v) is 10.2. The van der Waals surface area contributed by atoms with E-state index in [1.165, 1.54) is 6.42 Å². The van der Waals surface area contributed by atoms with Crippen LogP contribution in [0.4, 0.5) is 0 Å². The van der Waals surface area contributed by atoms with E-state index in [4.69, 9.17) is 19.9 Å². The number of carbonyl (C=O) groups excluding carboxylic acids is 1. The van der Waals surface area contributed by atoms with E-state index in [1.807, 2.05) is 6.07 Å². The van der Waals surface area contributed by atoms with Gasteiger partial charge in [-0.2, -0.15) is 0 Å². The van der Waals surface area contributed by atoms with Gasteiger partial charge in [-0.25, -0.2) is 0 Å². The van der Waals surface area contributed by atoms with Crippen molar-refractivity contribution in [2.75, 3.05) is 47.1 Å². The Labute approximate surface area is 167 Å². The molecule has 28 heavy (non-hydrogen) atoms. The Hall–Kier alpha value is -1.54. The van der Waals surface area contributed by atoms with E-state index in [2.05, 4.69) is 23.9 Å². The number of likely N-dealkylation sites (N-methyl/N-ethyl adjacent to an activating group) is 1. The lowest BCUT2D eigenvalue weighted by Gasteiger charge is -2.49. The van der Waals surface area contributed by atoms with Crippen LogP contribution in [0.5, 0.6) is 0 Å². The molecular formula is C21H33N3O4. The third-order valence-electron chi connectivity index (χ3n) is 6.26. The number of primary amides is 1. The van der Waals surface area contributed by atoms with E-state index in [9.17, 15) is 4.79 Å². The standard InChI is InChI=1S/C21H33N3O4/c1-15-5-4-6-17(12-24(2)13-18-14-27-9-10-28-18)21(15,26-3)16-7-8-23-19(11-16)20(22)25/h7-8,11,15,17-18H,4-6,9-10,12-14H2,1-3H3,(H2,22,25)/t15?,17?,18-,21?/m0/s1. The minimum absolute atomic E-state index is 0.110. The lowest BCUT2D eigenvalue weighted by atomic mass is 9.65. The number of ether oxygens (including phenoxy) is 3. The summed E-state index contributed by atoms with van der Waals surface area (Å²) in [5.74, 6) is 0.0978. The molecule has 3 rings (SSSR count). The van der Waals surface area contributed by atoms with Crippen molar-refractivity contribution in [1.29, 1.82) is 0 Å². The van der Waals surface area contributed by atoms with Gasteiger partial charge in [0.05, 0.1) is 31.5 Å². The number of carbonyl (C=O) groups is 1. The van der Waals surface area contributed by atoms with Crippen molar-refractivity contribution in [3.63, 3.8) is 0 Å². The number of hydrogen-bond donors (Lipinski definition) is 1. The predicted molar refractivity (Wildman–Crippen MR) is 106 cm³/mol. The molecule has 2 N–H and O–H groups in total. The Morgan fingerprint density at radius 1 is 1.39 bits per heavy atom. The van der Waals surface area contributed by atoms with Crippen molar-refractivity contribution in [3.8, 4) is 0 Å². The average Bonchev–Trinajstić information content (AvgIpc) is 2.69. The summed E-state index contributed by atoms with van der Waals surface area (Å²) >= 11 is 0. The summed E-state index contributed by atoms with van der Waals surface area (Å²) in [5.41, 5.74) is 6.28. The maximum Gasteiger partial charge on any atom is 0.267 e. The highest BCUT2D eigenvalue weighted by Gasteiger charge is 2.48. The molecule has 4 atom stereocenters. The first-order chi connectivity index (χ1) is 13.5. The molecule has 1 aliphatic heterocycles. The van der Waals surface area contributed by atoms with Gasteiger partial charge in [-0.1, -0.05) is 13.3 Å². The van der Waals surface area contributed by atoms with Crippen molar-refractivity contribution in [3.05, 3.63) is 29.6 Å². The third-order valence-corrected chi connectivity index (χ3v) is 6.26. The molecule has 0 radical (unpaired) electrons. The Balaban J connectivity index is 1.83. The van der Waals surface area contributed by atoms with E-state index in [1.54, 1.807) is 19.4 Å². The number of hydrogen-bond acceptors (Lipinski definition) is 6. The molecule has 2 aliphatic rings. The summed E-state index contributed by atoms with van der Waals surface area (Å²) in [5, 5.41) is 0. The molecule has 1 amide bonds. The molecule has 3 unspecified atom stereocenters. The van der Waals surface area contributed by atoms with E-state index in [0.29, 0.717) is 31.7 Å². The van der Waals surface area contributed by atoms with Gasteiger partial charge in [0, 0.05) is 32.3 Å². The van der Waals surface area contributed by atoms with Crippen LogP contribution in [0.2, 0.25) is 0 Å². The van der Waals surface area contributed by atoms with Gasteiger partial charge >= 0.3 is 0 Å². The van der Waals surface area contributed by atoms with Crippen LogP contribution in [0.1, 0.15) is 42.2 Å². The number of nitrogens with two attached hydrogens (primary N) is 1. The van der Waals surface area contributed by atoms with Crippen LogP contribution in [-0.2, 0) is 19.8 Å². The number of aromatic nitrogens is 1. The van der Waals surface area contributed by atoms with Crippen LogP contribution in [0.3, 0.4) is 0 Å². The predicted octanol–water partition coefficient (Wildman–Crippen LogP) is 1.81. The zero-order valence-corrected chi connectivity index (χ0v) is 17.2. The Morgan fingerprint density at radius 3 is 2.89 bits per heavy atom. The molecule has 7 nitrogen and oxygen atoms in total. The fraction of sp³-hybridized carbons (Fsp3) is 0.714. The van der Waals surface area contributed by atoms with Gasteiger partial charge in [-0.3, -0.25) is 9.78 Å². The molecule has 1 aromatic heterocycles. The average molecular weight is 392 g/mol. The number of nitrogens with zero attached hydrogens (tertiary/aromatic N) is 2. The van der Waals surface area contributed by atoms with Crippen molar-refractivity contribution in [2.24, 2.45) is 17.6 Å². The highest BCUT2D eigenvalue weighted by atomic mass is 16.6. The smallest absolute Gasteiger partial charge is 0.267 e. The topological polar surface area (TPSA) is 86.9 Å². The van der Waals surface area contributed by atoms with Crippen molar-refractivity contribution in [1.82, 2.24) is 9.88 Å². The molecule has 7 heteroatoms. The molecule has 0 spiro atoms. The van der Waals surface area contributed by atoms with Crippen LogP contribution < -0.4 is 5.73 Å². The molecule has 0 aromatic carbocycles. The molecule has 1 aromatic rings. The Kier molecular flexibility index (Phi) is 7.04. The van der Waals surface area contributed by atoms with E-state index >= 15 is 0 Å². The molecule has 1 saturated carbocycles. The molecule has 1 aliphatic carbocycles. The minimum atomic E-state index is -0.514. The van der Waals surface area contributed by atoms with Crippen molar-refractivity contribution < 1.29 is 19.0 Å². The van der Waals surface area contributed by atoms with Crippen LogP contribution in [0, 0.1) is 11.8 Å². The normalized spacial score (nSPS) is 31.1. The van der Waals surface area contributed by atoms with E-state index in [-0.39, 0.29) is 11.8 Å². The van der Waals surface area contributed by atoms with E-state index in [0.717, 1.165) is 31.5 Å². The quantitative estimate of drug-likeness (QED) is 0.763. The summed E-state index contributed by atoms with van der Waals surface area (Å²) in [6.07, 6.45) is 5.09. The molecule has 2 fully saturated rings. The molecule has 0 bridgehead atoms. The second-order valence-electron chi connectivity index (χ2n) is 8.11. The zero-order valence-electron chi connectivity index (χ0n) is 17.2. The summed E-state index contributed by atoms with van der Waals surface area (Å²) in [7, 11) is 3.90. The minimum Gasteiger partial charge on any atom is -0.376 e. The maximum atomic E-state index is 11.7. The van der Waals surface area contributed by atoms with Crippen LogP contribution in [-0.4, -0.2) is 69.0 Å². The largest absolute Gasteiger partial charge is 0.376 e. The van der Waals surface area contributed by atoms with Gasteiger partial charge in [0.1, 0.15) is 5.69 Å².